The SMILES string of the molecule is Cc1ccc(C(=O)N2C[C@H]3COCC[C@@]3(O)[C@@H]3COCC[C@@H]32)cc1Cl. The Morgan fingerprint density at radius 2 is 2.12 bits per heavy atom. The number of ether oxygens (including phenoxy) is 2. The van der Waals surface area contributed by atoms with Crippen LogP contribution in [0.3, 0.4) is 0 Å². The van der Waals surface area contributed by atoms with Crippen molar-refractivity contribution in [3.8, 4) is 0 Å². The molecule has 3 aliphatic rings. The Morgan fingerprint density at radius 3 is 2.92 bits per heavy atom. The molecule has 0 aromatic heterocycles. The van der Waals surface area contributed by atoms with Crippen LogP contribution in [-0.4, -0.2) is 60.5 Å². The molecule has 3 heterocycles. The maximum absolute atomic E-state index is 13.2. The van der Waals surface area contributed by atoms with Crippen LogP contribution < -0.4 is 0 Å². The number of rotatable bonds is 1. The first kappa shape index (κ1) is 17.3. The first-order chi connectivity index (χ1) is 12.0. The van der Waals surface area contributed by atoms with Gasteiger partial charge in [-0.25, -0.2) is 0 Å². The predicted molar refractivity (Wildman–Crippen MR) is 93.8 cm³/mol. The quantitative estimate of drug-likeness (QED) is 0.829. The number of hydrogen-bond acceptors (Lipinski definition) is 4. The van der Waals surface area contributed by atoms with Crippen LogP contribution >= 0.6 is 11.6 Å². The predicted octanol–water partition coefficient (Wildman–Crippen LogP) is 2.28. The van der Waals surface area contributed by atoms with Gasteiger partial charge >= 0.3 is 0 Å². The Morgan fingerprint density at radius 1 is 1.32 bits per heavy atom. The highest BCUT2D eigenvalue weighted by Crippen LogP contribution is 2.44. The minimum Gasteiger partial charge on any atom is -0.389 e. The van der Waals surface area contributed by atoms with Gasteiger partial charge < -0.3 is 19.5 Å². The van der Waals surface area contributed by atoms with Crippen molar-refractivity contribution in [2.45, 2.75) is 31.4 Å². The third-order valence-corrected chi connectivity index (χ3v) is 6.54. The van der Waals surface area contributed by atoms with E-state index < -0.39 is 5.60 Å². The zero-order chi connectivity index (χ0) is 17.6. The van der Waals surface area contributed by atoms with Gasteiger partial charge in [0.25, 0.3) is 5.91 Å². The maximum atomic E-state index is 13.2. The molecule has 6 heteroatoms. The van der Waals surface area contributed by atoms with Crippen molar-refractivity contribution >= 4 is 17.5 Å². The average molecular weight is 366 g/mol. The van der Waals surface area contributed by atoms with Crippen LogP contribution in [0.1, 0.15) is 28.8 Å². The molecule has 3 saturated heterocycles. The monoisotopic (exact) mass is 365 g/mol. The number of nitrogens with zero attached hydrogens (tertiary/aromatic N) is 1. The summed E-state index contributed by atoms with van der Waals surface area (Å²) in [7, 11) is 0. The van der Waals surface area contributed by atoms with Crippen LogP contribution in [0, 0.1) is 18.8 Å². The lowest BCUT2D eigenvalue weighted by molar-refractivity contribution is -0.212. The van der Waals surface area contributed by atoms with Crippen LogP contribution in [0.2, 0.25) is 5.02 Å². The van der Waals surface area contributed by atoms with Crippen LogP contribution in [0.5, 0.6) is 0 Å². The summed E-state index contributed by atoms with van der Waals surface area (Å²) in [5, 5.41) is 11.9. The summed E-state index contributed by atoms with van der Waals surface area (Å²) in [6.07, 6.45) is 1.37. The molecule has 1 amide bonds. The summed E-state index contributed by atoms with van der Waals surface area (Å²) in [6.45, 7) is 4.61. The molecule has 5 nitrogen and oxygen atoms in total. The van der Waals surface area contributed by atoms with Gasteiger partial charge in [0, 0.05) is 54.6 Å². The molecule has 1 aromatic rings. The second-order valence-electron chi connectivity index (χ2n) is 7.47. The molecule has 4 rings (SSSR count). The number of halogens is 1. The zero-order valence-corrected chi connectivity index (χ0v) is 15.2. The van der Waals surface area contributed by atoms with E-state index in [1.165, 1.54) is 0 Å². The lowest BCUT2D eigenvalue weighted by Crippen LogP contribution is -2.68. The number of piperidine rings is 1. The average Bonchev–Trinajstić information content (AvgIpc) is 2.63. The second-order valence-corrected chi connectivity index (χ2v) is 7.88. The van der Waals surface area contributed by atoms with E-state index in [1.54, 1.807) is 6.07 Å². The number of amides is 1. The van der Waals surface area contributed by atoms with Crippen LogP contribution in [0.15, 0.2) is 18.2 Å². The zero-order valence-electron chi connectivity index (χ0n) is 14.4. The summed E-state index contributed by atoms with van der Waals surface area (Å²) in [4.78, 5) is 15.1. The van der Waals surface area contributed by atoms with E-state index in [2.05, 4.69) is 0 Å². The van der Waals surface area contributed by atoms with E-state index >= 15 is 0 Å². The lowest BCUT2D eigenvalue weighted by Gasteiger charge is -2.57. The van der Waals surface area contributed by atoms with E-state index in [-0.39, 0.29) is 23.8 Å². The molecule has 0 aliphatic carbocycles. The van der Waals surface area contributed by atoms with Crippen molar-refractivity contribution in [3.05, 3.63) is 34.3 Å². The number of fused-ring (bicyclic) bond motifs is 3. The number of hydrogen-bond donors (Lipinski definition) is 1. The molecular weight excluding hydrogens is 342 g/mol. The molecule has 1 aromatic carbocycles. The van der Waals surface area contributed by atoms with Gasteiger partial charge in [0.05, 0.1) is 18.8 Å². The molecule has 0 bridgehead atoms. The lowest BCUT2D eigenvalue weighted by atomic mass is 9.66. The van der Waals surface area contributed by atoms with Crippen LogP contribution in [0.4, 0.5) is 0 Å². The van der Waals surface area contributed by atoms with Crippen molar-refractivity contribution in [2.24, 2.45) is 11.8 Å². The Labute approximate surface area is 152 Å². The van der Waals surface area contributed by atoms with Crippen molar-refractivity contribution in [3.63, 3.8) is 0 Å². The van der Waals surface area contributed by atoms with Crippen molar-refractivity contribution in [1.29, 1.82) is 0 Å². The summed E-state index contributed by atoms with van der Waals surface area (Å²) in [6, 6.07) is 5.45. The van der Waals surface area contributed by atoms with Crippen LogP contribution in [-0.2, 0) is 9.47 Å². The number of aryl methyl sites for hydroxylation is 1. The molecule has 0 spiro atoms. The Balaban J connectivity index is 1.66. The normalized spacial score (nSPS) is 35.0. The highest BCUT2D eigenvalue weighted by Gasteiger charge is 2.56. The molecule has 3 fully saturated rings. The molecule has 4 atom stereocenters. The third kappa shape index (κ3) is 2.87. The molecule has 25 heavy (non-hydrogen) atoms. The van der Waals surface area contributed by atoms with Gasteiger partial charge in [-0.15, -0.1) is 0 Å². The van der Waals surface area contributed by atoms with Gasteiger partial charge in [-0.2, -0.15) is 0 Å². The van der Waals surface area contributed by atoms with Gasteiger partial charge in [-0.3, -0.25) is 4.79 Å². The fourth-order valence-electron chi connectivity index (χ4n) is 4.58. The van der Waals surface area contributed by atoms with E-state index in [4.69, 9.17) is 21.1 Å². The standard InChI is InChI=1S/C19H24ClNO4/c1-12-2-3-13(8-16(12)20)18(22)21-9-14-10-25-7-5-19(14,23)15-11-24-6-4-17(15)21/h2-3,8,14-15,17,23H,4-7,9-11H2,1H3/t14-,15+,17-,19-/m0/s1. The Kier molecular flexibility index (Phi) is 4.52. The first-order valence-electron chi connectivity index (χ1n) is 8.95. The Bertz CT molecular complexity index is 681. The topological polar surface area (TPSA) is 59.0 Å². The van der Waals surface area contributed by atoms with Gasteiger partial charge in [-0.1, -0.05) is 17.7 Å². The van der Waals surface area contributed by atoms with Gasteiger partial charge in [0.2, 0.25) is 0 Å². The van der Waals surface area contributed by atoms with Crippen molar-refractivity contribution in [2.75, 3.05) is 33.0 Å². The van der Waals surface area contributed by atoms with E-state index in [9.17, 15) is 9.90 Å². The minimum absolute atomic E-state index is 0.000628. The third-order valence-electron chi connectivity index (χ3n) is 6.13. The largest absolute Gasteiger partial charge is 0.389 e. The number of aliphatic hydroxyl groups is 1. The summed E-state index contributed by atoms with van der Waals surface area (Å²) in [5.74, 6) is -0.158. The van der Waals surface area contributed by atoms with Crippen molar-refractivity contribution in [1.82, 2.24) is 4.90 Å². The fourth-order valence-corrected chi connectivity index (χ4v) is 4.76. The van der Waals surface area contributed by atoms with Gasteiger partial charge in [0.15, 0.2) is 0 Å². The van der Waals surface area contributed by atoms with Gasteiger partial charge in [-0.05, 0) is 31.0 Å². The first-order valence-corrected chi connectivity index (χ1v) is 9.33. The van der Waals surface area contributed by atoms with Crippen LogP contribution in [0.25, 0.3) is 0 Å². The summed E-state index contributed by atoms with van der Waals surface area (Å²) >= 11 is 6.22. The molecular formula is C19H24ClNO4. The molecule has 136 valence electrons. The number of carbonyl (C=O) groups excluding carboxylic acids is 1. The summed E-state index contributed by atoms with van der Waals surface area (Å²) < 4.78 is 11.3. The highest BCUT2D eigenvalue weighted by atomic mass is 35.5. The molecule has 0 radical (unpaired) electrons. The molecule has 0 saturated carbocycles. The molecule has 1 N–H and O–H groups in total. The van der Waals surface area contributed by atoms with Crippen molar-refractivity contribution < 1.29 is 19.4 Å². The minimum atomic E-state index is -0.801. The number of benzene rings is 1. The van der Waals surface area contributed by atoms with E-state index in [0.717, 1.165) is 12.0 Å². The number of carbonyl (C=O) groups is 1. The molecule has 3 aliphatic heterocycles. The van der Waals surface area contributed by atoms with E-state index in [0.29, 0.717) is 50.0 Å². The maximum Gasteiger partial charge on any atom is 0.254 e. The second kappa shape index (κ2) is 6.54. The van der Waals surface area contributed by atoms with Gasteiger partial charge in [0.1, 0.15) is 0 Å². The fraction of sp³-hybridized carbons (Fsp3) is 0.632. The Hall–Kier alpha value is -1.14. The van der Waals surface area contributed by atoms with E-state index in [1.807, 2.05) is 24.0 Å². The smallest absolute Gasteiger partial charge is 0.254 e. The summed E-state index contributed by atoms with van der Waals surface area (Å²) in [5.41, 5.74) is 0.754. The highest BCUT2D eigenvalue weighted by molar-refractivity contribution is 6.31. The molecule has 0 unspecified atom stereocenters. The number of likely N-dealkylation sites (tertiary alicyclic amines) is 1.